The molecule has 1 aliphatic heterocycles. The van der Waals surface area contributed by atoms with Crippen LogP contribution >= 0.6 is 0 Å². The topological polar surface area (TPSA) is 40.6 Å². The SMILES string of the molecule is C=C(C)C=CC(C=C(C)C)CN1C(=O)/C(=C(\c2ccc(C)cc2)N(CC)Cc2cc(C)cc(C)c2)C(C=O)=C1c1ccc(C)cc1. The average molecular weight is 613 g/mol. The largest absolute Gasteiger partial charge is 0.366 e. The maximum absolute atomic E-state index is 14.9. The fourth-order valence-electron chi connectivity index (χ4n) is 6.18. The monoisotopic (exact) mass is 612 g/mol. The van der Waals surface area contributed by atoms with E-state index in [4.69, 9.17) is 0 Å². The van der Waals surface area contributed by atoms with Crippen LogP contribution in [0.5, 0.6) is 0 Å². The Hall–Kier alpha value is -4.70. The van der Waals surface area contributed by atoms with Crippen molar-refractivity contribution < 1.29 is 9.59 Å². The van der Waals surface area contributed by atoms with Crippen molar-refractivity contribution in [3.05, 3.63) is 153 Å². The van der Waals surface area contributed by atoms with Gasteiger partial charge >= 0.3 is 0 Å². The fourth-order valence-corrected chi connectivity index (χ4v) is 6.18. The molecule has 1 unspecified atom stereocenters. The number of aryl methyl sites for hydroxylation is 4. The molecule has 0 spiro atoms. The molecule has 238 valence electrons. The minimum Gasteiger partial charge on any atom is -0.366 e. The van der Waals surface area contributed by atoms with E-state index in [2.05, 4.69) is 108 Å². The van der Waals surface area contributed by atoms with E-state index in [-0.39, 0.29) is 11.8 Å². The van der Waals surface area contributed by atoms with Gasteiger partial charge < -0.3 is 9.80 Å². The molecule has 46 heavy (non-hydrogen) atoms. The number of carbonyl (C=O) groups is 2. The van der Waals surface area contributed by atoms with Crippen molar-refractivity contribution in [1.82, 2.24) is 9.80 Å². The van der Waals surface area contributed by atoms with Gasteiger partial charge in [0.2, 0.25) is 0 Å². The lowest BCUT2D eigenvalue weighted by Crippen LogP contribution is -2.32. The van der Waals surface area contributed by atoms with Gasteiger partial charge in [-0.2, -0.15) is 0 Å². The summed E-state index contributed by atoms with van der Waals surface area (Å²) in [6.07, 6.45) is 7.14. The highest BCUT2D eigenvalue weighted by molar-refractivity contribution is 6.21. The zero-order chi connectivity index (χ0) is 33.5. The first-order valence-corrected chi connectivity index (χ1v) is 16.1. The fraction of sp³-hybridized carbons (Fsp3) is 0.286. The van der Waals surface area contributed by atoms with Crippen LogP contribution in [-0.4, -0.2) is 35.1 Å². The number of hydrogen-bond donors (Lipinski definition) is 0. The van der Waals surface area contributed by atoms with Crippen LogP contribution in [0, 0.1) is 33.6 Å². The molecular weight excluding hydrogens is 564 g/mol. The zero-order valence-corrected chi connectivity index (χ0v) is 28.8. The van der Waals surface area contributed by atoms with Gasteiger partial charge in [-0.05, 0) is 72.1 Å². The van der Waals surface area contributed by atoms with E-state index in [0.717, 1.165) is 50.9 Å². The molecule has 0 bridgehead atoms. The van der Waals surface area contributed by atoms with Gasteiger partial charge in [-0.3, -0.25) is 9.59 Å². The van der Waals surface area contributed by atoms with Gasteiger partial charge in [0.1, 0.15) is 0 Å². The molecule has 0 N–H and O–H groups in total. The lowest BCUT2D eigenvalue weighted by atomic mass is 9.96. The minimum absolute atomic E-state index is 0.0706. The molecule has 1 amide bonds. The second-order valence-electron chi connectivity index (χ2n) is 12.9. The Balaban J connectivity index is 2.02. The molecular formula is C42H48N2O2. The predicted molar refractivity (Wildman–Crippen MR) is 193 cm³/mol. The summed E-state index contributed by atoms with van der Waals surface area (Å²) in [7, 11) is 0. The van der Waals surface area contributed by atoms with Gasteiger partial charge in [-0.25, -0.2) is 0 Å². The zero-order valence-electron chi connectivity index (χ0n) is 28.8. The summed E-state index contributed by atoms with van der Waals surface area (Å²) in [5.74, 6) is -0.235. The molecule has 0 fully saturated rings. The van der Waals surface area contributed by atoms with Crippen molar-refractivity contribution in [1.29, 1.82) is 0 Å². The van der Waals surface area contributed by atoms with Crippen molar-refractivity contribution in [2.45, 2.75) is 61.9 Å². The highest BCUT2D eigenvalue weighted by Crippen LogP contribution is 2.41. The van der Waals surface area contributed by atoms with E-state index in [1.807, 2.05) is 49.1 Å². The van der Waals surface area contributed by atoms with Crippen molar-refractivity contribution in [3.8, 4) is 0 Å². The average Bonchev–Trinajstić information content (AvgIpc) is 3.26. The van der Waals surface area contributed by atoms with E-state index in [0.29, 0.717) is 36.5 Å². The minimum atomic E-state index is -0.164. The van der Waals surface area contributed by atoms with Crippen LogP contribution < -0.4 is 0 Å². The molecule has 0 aromatic heterocycles. The third-order valence-electron chi connectivity index (χ3n) is 8.18. The standard InChI is InChI=1S/C42H48N2O2/c1-10-43(25-35-23-32(8)22-33(9)24-35)41(37-19-14-31(7)15-20-37)39-38(27-45)40(36-17-12-30(6)13-18-36)44(42(39)46)26-34(21-29(4)5)16-11-28(2)3/h11-24,27,34H,2,10,25-26H2,1,3-9H3/b16-11?,41-39+. The van der Waals surface area contributed by atoms with Gasteiger partial charge in [0.15, 0.2) is 6.29 Å². The first kappa shape index (κ1) is 34.2. The molecule has 4 rings (SSSR count). The molecule has 0 aliphatic carbocycles. The summed E-state index contributed by atoms with van der Waals surface area (Å²) < 4.78 is 0. The van der Waals surface area contributed by atoms with Crippen LogP contribution in [0.15, 0.2) is 114 Å². The second kappa shape index (κ2) is 15.1. The highest BCUT2D eigenvalue weighted by Gasteiger charge is 2.39. The summed E-state index contributed by atoms with van der Waals surface area (Å²) in [4.78, 5) is 32.2. The molecule has 1 aliphatic rings. The molecule has 1 heterocycles. The van der Waals surface area contributed by atoms with Gasteiger partial charge in [-0.15, -0.1) is 0 Å². The van der Waals surface area contributed by atoms with Gasteiger partial charge in [-0.1, -0.05) is 125 Å². The van der Waals surface area contributed by atoms with Gasteiger partial charge in [0.25, 0.3) is 5.91 Å². The van der Waals surface area contributed by atoms with E-state index >= 15 is 0 Å². The Morgan fingerprint density at radius 3 is 1.98 bits per heavy atom. The van der Waals surface area contributed by atoms with Crippen LogP contribution in [0.2, 0.25) is 0 Å². The van der Waals surface area contributed by atoms with E-state index in [1.54, 1.807) is 0 Å². The maximum atomic E-state index is 14.9. The summed E-state index contributed by atoms with van der Waals surface area (Å²) in [5.41, 5.74) is 11.9. The Morgan fingerprint density at radius 2 is 1.46 bits per heavy atom. The lowest BCUT2D eigenvalue weighted by Gasteiger charge is -2.29. The number of nitrogens with zero attached hydrogens (tertiary/aromatic N) is 2. The molecule has 3 aromatic rings. The summed E-state index contributed by atoms with van der Waals surface area (Å²) in [6.45, 7) is 22.2. The normalized spacial score (nSPS) is 15.0. The lowest BCUT2D eigenvalue weighted by molar-refractivity contribution is -0.123. The van der Waals surface area contributed by atoms with Gasteiger partial charge in [0, 0.05) is 25.6 Å². The summed E-state index contributed by atoms with van der Waals surface area (Å²) in [6, 6.07) is 22.9. The molecule has 0 radical (unpaired) electrons. The molecule has 4 nitrogen and oxygen atoms in total. The molecule has 4 heteroatoms. The number of rotatable bonds is 12. The molecule has 1 atom stereocenters. The van der Waals surface area contributed by atoms with E-state index in [1.165, 1.54) is 11.1 Å². The summed E-state index contributed by atoms with van der Waals surface area (Å²) >= 11 is 0. The first-order chi connectivity index (χ1) is 21.9. The van der Waals surface area contributed by atoms with E-state index < -0.39 is 0 Å². The van der Waals surface area contributed by atoms with Crippen molar-refractivity contribution >= 4 is 23.6 Å². The van der Waals surface area contributed by atoms with Crippen LogP contribution in [-0.2, 0) is 16.1 Å². The van der Waals surface area contributed by atoms with Crippen molar-refractivity contribution in [2.75, 3.05) is 13.1 Å². The number of carbonyl (C=O) groups excluding carboxylic acids is 2. The Morgan fingerprint density at radius 1 is 0.870 bits per heavy atom. The first-order valence-electron chi connectivity index (χ1n) is 16.1. The molecule has 3 aromatic carbocycles. The van der Waals surface area contributed by atoms with E-state index in [9.17, 15) is 9.59 Å². The number of benzene rings is 3. The molecule has 0 saturated carbocycles. The van der Waals surface area contributed by atoms with Crippen LogP contribution in [0.1, 0.15) is 66.6 Å². The highest BCUT2D eigenvalue weighted by atomic mass is 16.2. The Labute approximate surface area is 276 Å². The molecule has 0 saturated heterocycles. The third kappa shape index (κ3) is 8.11. The van der Waals surface area contributed by atoms with Crippen LogP contribution in [0.4, 0.5) is 0 Å². The maximum Gasteiger partial charge on any atom is 0.261 e. The van der Waals surface area contributed by atoms with Crippen LogP contribution in [0.25, 0.3) is 11.4 Å². The Bertz CT molecular complexity index is 1710. The van der Waals surface area contributed by atoms with Crippen molar-refractivity contribution in [2.24, 2.45) is 5.92 Å². The van der Waals surface area contributed by atoms with Crippen molar-refractivity contribution in [3.63, 3.8) is 0 Å². The quantitative estimate of drug-likeness (QED) is 0.0886. The number of allylic oxidation sites excluding steroid dienone is 3. The number of hydrogen-bond acceptors (Lipinski definition) is 3. The Kier molecular flexibility index (Phi) is 11.2. The second-order valence-corrected chi connectivity index (χ2v) is 12.9. The van der Waals surface area contributed by atoms with Crippen LogP contribution in [0.3, 0.4) is 0 Å². The number of aldehydes is 1. The van der Waals surface area contributed by atoms with Gasteiger partial charge in [0.05, 0.1) is 22.5 Å². The number of amides is 1. The third-order valence-corrected chi connectivity index (χ3v) is 8.18. The predicted octanol–water partition coefficient (Wildman–Crippen LogP) is 9.32. The smallest absolute Gasteiger partial charge is 0.261 e. The summed E-state index contributed by atoms with van der Waals surface area (Å²) in [5, 5.41) is 0.